The average Bonchev–Trinajstić information content (AvgIpc) is 2.48. The van der Waals surface area contributed by atoms with Crippen LogP contribution < -0.4 is 5.73 Å². The van der Waals surface area contributed by atoms with Crippen molar-refractivity contribution in [2.24, 2.45) is 11.7 Å². The lowest BCUT2D eigenvalue weighted by atomic mass is 9.95. The van der Waals surface area contributed by atoms with E-state index in [1.165, 1.54) is 0 Å². The van der Waals surface area contributed by atoms with Crippen molar-refractivity contribution in [1.82, 2.24) is 4.90 Å². The maximum Gasteiger partial charge on any atom is 0.239 e. The number of halogens is 1. The minimum Gasteiger partial charge on any atom is -0.379 e. The van der Waals surface area contributed by atoms with Gasteiger partial charge in [0.05, 0.1) is 12.1 Å². The molecule has 5 heteroatoms. The fourth-order valence-corrected chi connectivity index (χ4v) is 2.73. The Balaban J connectivity index is 0.00000220. The van der Waals surface area contributed by atoms with Crippen molar-refractivity contribution in [2.45, 2.75) is 31.9 Å². The van der Waals surface area contributed by atoms with Crippen LogP contribution >= 0.6 is 12.4 Å². The highest BCUT2D eigenvalue weighted by Gasteiger charge is 2.30. The molecule has 0 radical (unpaired) electrons. The molecule has 0 bridgehead atoms. The molecule has 1 amide bonds. The molecule has 1 aliphatic heterocycles. The molecule has 3 unspecified atom stereocenters. The number of benzene rings is 1. The predicted octanol–water partition coefficient (Wildman–Crippen LogP) is 1.86. The van der Waals surface area contributed by atoms with Gasteiger partial charge in [-0.1, -0.05) is 37.3 Å². The van der Waals surface area contributed by atoms with E-state index in [-0.39, 0.29) is 24.4 Å². The number of hydrogen-bond donors (Lipinski definition) is 1. The molecule has 21 heavy (non-hydrogen) atoms. The van der Waals surface area contributed by atoms with Crippen LogP contribution in [0.4, 0.5) is 0 Å². The van der Waals surface area contributed by atoms with E-state index in [0.29, 0.717) is 18.9 Å². The maximum absolute atomic E-state index is 12.4. The molecular weight excluding hydrogens is 288 g/mol. The zero-order valence-electron chi connectivity index (χ0n) is 12.7. The predicted molar refractivity (Wildman–Crippen MR) is 86.5 cm³/mol. The van der Waals surface area contributed by atoms with Gasteiger partial charge in [0.1, 0.15) is 0 Å². The number of amides is 1. The molecular formula is C16H25ClN2O2. The number of piperidine rings is 1. The molecule has 0 aromatic heterocycles. The molecule has 4 nitrogen and oxygen atoms in total. The number of hydrogen-bond acceptors (Lipinski definition) is 3. The second-order valence-corrected chi connectivity index (χ2v) is 5.62. The fraction of sp³-hybridized carbons (Fsp3) is 0.562. The van der Waals surface area contributed by atoms with E-state index in [1.807, 2.05) is 35.2 Å². The Kier molecular flexibility index (Phi) is 7.15. The first-order valence-electron chi connectivity index (χ1n) is 7.23. The Bertz CT molecular complexity index is 441. The number of rotatable bonds is 4. The first kappa shape index (κ1) is 18.0. The fourth-order valence-electron chi connectivity index (χ4n) is 2.73. The lowest BCUT2D eigenvalue weighted by molar-refractivity contribution is -0.137. The Hall–Kier alpha value is -1.10. The van der Waals surface area contributed by atoms with E-state index in [1.54, 1.807) is 7.11 Å². The summed E-state index contributed by atoms with van der Waals surface area (Å²) in [5.74, 6) is 0.525. The lowest BCUT2D eigenvalue weighted by Gasteiger charge is -2.37. The molecule has 1 aromatic rings. The van der Waals surface area contributed by atoms with Gasteiger partial charge in [-0.2, -0.15) is 0 Å². The van der Waals surface area contributed by atoms with Crippen LogP contribution in [0.2, 0.25) is 0 Å². The normalized spacial score (nSPS) is 23.3. The van der Waals surface area contributed by atoms with Gasteiger partial charge in [0, 0.05) is 20.2 Å². The summed E-state index contributed by atoms with van der Waals surface area (Å²) < 4.78 is 5.45. The molecule has 1 fully saturated rings. The highest BCUT2D eigenvalue weighted by atomic mass is 35.5. The van der Waals surface area contributed by atoms with Crippen molar-refractivity contribution in [1.29, 1.82) is 0 Å². The molecule has 1 aromatic carbocycles. The summed E-state index contributed by atoms with van der Waals surface area (Å²) in [5.41, 5.74) is 7.17. The number of nitrogens with zero attached hydrogens (tertiary/aromatic N) is 1. The molecule has 0 aliphatic carbocycles. The number of ether oxygens (including phenoxy) is 1. The smallest absolute Gasteiger partial charge is 0.239 e. The van der Waals surface area contributed by atoms with Crippen molar-refractivity contribution in [3.63, 3.8) is 0 Å². The second-order valence-electron chi connectivity index (χ2n) is 5.62. The summed E-state index contributed by atoms with van der Waals surface area (Å²) in [7, 11) is 1.71. The van der Waals surface area contributed by atoms with E-state index >= 15 is 0 Å². The summed E-state index contributed by atoms with van der Waals surface area (Å²) in [5, 5.41) is 0. The summed E-state index contributed by atoms with van der Waals surface area (Å²) in [6, 6.07) is 9.44. The van der Waals surface area contributed by atoms with E-state index in [2.05, 4.69) is 6.92 Å². The summed E-state index contributed by atoms with van der Waals surface area (Å²) in [6.45, 7) is 3.60. The molecule has 2 N–H and O–H groups in total. The second kappa shape index (κ2) is 8.37. The van der Waals surface area contributed by atoms with Crippen LogP contribution in [0, 0.1) is 5.92 Å². The van der Waals surface area contributed by atoms with Gasteiger partial charge in [-0.3, -0.25) is 4.79 Å². The first-order chi connectivity index (χ1) is 9.61. The van der Waals surface area contributed by atoms with Gasteiger partial charge in [0.15, 0.2) is 0 Å². The zero-order valence-corrected chi connectivity index (χ0v) is 13.5. The Morgan fingerprint density at radius 2 is 2.10 bits per heavy atom. The van der Waals surface area contributed by atoms with Gasteiger partial charge in [0.25, 0.3) is 0 Å². The minimum atomic E-state index is -0.469. The Morgan fingerprint density at radius 1 is 1.43 bits per heavy atom. The quantitative estimate of drug-likeness (QED) is 0.923. The largest absolute Gasteiger partial charge is 0.379 e. The molecule has 1 aliphatic rings. The van der Waals surface area contributed by atoms with Gasteiger partial charge in [-0.15, -0.1) is 12.4 Å². The highest BCUT2D eigenvalue weighted by molar-refractivity contribution is 5.85. The molecule has 0 spiro atoms. The van der Waals surface area contributed by atoms with Gasteiger partial charge in [-0.05, 0) is 24.3 Å². The van der Waals surface area contributed by atoms with Crippen LogP contribution in [0.25, 0.3) is 0 Å². The third-order valence-electron chi connectivity index (χ3n) is 4.12. The summed E-state index contributed by atoms with van der Waals surface area (Å²) in [6.07, 6.45) is 1.68. The average molecular weight is 313 g/mol. The third-order valence-corrected chi connectivity index (χ3v) is 4.12. The molecule has 3 atom stereocenters. The number of likely N-dealkylation sites (tertiary alicyclic amines) is 1. The lowest BCUT2D eigenvalue weighted by Crippen LogP contribution is -2.52. The standard InChI is InChI=1S/C16H24N2O2.ClH/c1-12-8-9-18(11-15(12)20-2)16(19)14(17)10-13-6-4-3-5-7-13;/h3-7,12,14-15H,8-11,17H2,1-2H3;1H. The first-order valence-corrected chi connectivity index (χ1v) is 7.23. The van der Waals surface area contributed by atoms with Crippen LogP contribution in [0.5, 0.6) is 0 Å². The molecule has 2 rings (SSSR count). The van der Waals surface area contributed by atoms with Crippen molar-refractivity contribution in [3.05, 3.63) is 35.9 Å². The van der Waals surface area contributed by atoms with Crippen LogP contribution in [0.15, 0.2) is 30.3 Å². The van der Waals surface area contributed by atoms with Crippen LogP contribution in [-0.2, 0) is 16.0 Å². The van der Waals surface area contributed by atoms with Gasteiger partial charge < -0.3 is 15.4 Å². The summed E-state index contributed by atoms with van der Waals surface area (Å²) in [4.78, 5) is 14.3. The topological polar surface area (TPSA) is 55.6 Å². The van der Waals surface area contributed by atoms with Crippen molar-refractivity contribution < 1.29 is 9.53 Å². The molecule has 1 heterocycles. The Labute approximate surface area is 133 Å². The zero-order chi connectivity index (χ0) is 14.5. The maximum atomic E-state index is 12.4. The van der Waals surface area contributed by atoms with Crippen LogP contribution in [-0.4, -0.2) is 43.2 Å². The van der Waals surface area contributed by atoms with Crippen molar-refractivity contribution >= 4 is 18.3 Å². The Morgan fingerprint density at radius 3 is 2.71 bits per heavy atom. The third kappa shape index (κ3) is 4.70. The van der Waals surface area contributed by atoms with Crippen molar-refractivity contribution in [3.8, 4) is 0 Å². The van der Waals surface area contributed by atoms with E-state index < -0.39 is 6.04 Å². The monoisotopic (exact) mass is 312 g/mol. The van der Waals surface area contributed by atoms with Gasteiger partial charge in [-0.25, -0.2) is 0 Å². The van der Waals surface area contributed by atoms with E-state index in [4.69, 9.17) is 10.5 Å². The number of nitrogens with two attached hydrogens (primary N) is 1. The van der Waals surface area contributed by atoms with Crippen LogP contribution in [0.1, 0.15) is 18.9 Å². The van der Waals surface area contributed by atoms with Crippen LogP contribution in [0.3, 0.4) is 0 Å². The number of carbonyl (C=O) groups excluding carboxylic acids is 1. The minimum absolute atomic E-state index is 0. The number of carbonyl (C=O) groups is 1. The van der Waals surface area contributed by atoms with Gasteiger partial charge in [0.2, 0.25) is 5.91 Å². The molecule has 0 saturated carbocycles. The molecule has 1 saturated heterocycles. The van der Waals surface area contributed by atoms with Gasteiger partial charge >= 0.3 is 0 Å². The number of methoxy groups -OCH3 is 1. The molecule has 118 valence electrons. The summed E-state index contributed by atoms with van der Waals surface area (Å²) >= 11 is 0. The van der Waals surface area contributed by atoms with Crippen molar-refractivity contribution in [2.75, 3.05) is 20.2 Å². The highest BCUT2D eigenvalue weighted by Crippen LogP contribution is 2.20. The SMILES string of the molecule is COC1CN(C(=O)C(N)Cc2ccccc2)CCC1C.Cl. The van der Waals surface area contributed by atoms with E-state index in [9.17, 15) is 4.79 Å². The van der Waals surface area contributed by atoms with E-state index in [0.717, 1.165) is 18.5 Å².